The third-order valence-corrected chi connectivity index (χ3v) is 6.04. The summed E-state index contributed by atoms with van der Waals surface area (Å²) in [6.07, 6.45) is 2.94. The number of amides is 1. The number of nitrogens with one attached hydrogen (secondary N) is 1. The summed E-state index contributed by atoms with van der Waals surface area (Å²) >= 11 is 1.42. The molecule has 1 N–H and O–H groups in total. The van der Waals surface area contributed by atoms with Crippen LogP contribution in [-0.4, -0.2) is 26.4 Å². The molecule has 1 aliphatic rings. The Morgan fingerprint density at radius 3 is 2.55 bits per heavy atom. The van der Waals surface area contributed by atoms with Gasteiger partial charge in [-0.2, -0.15) is 0 Å². The summed E-state index contributed by atoms with van der Waals surface area (Å²) < 4.78 is 2.09. The Labute approximate surface area is 175 Å². The van der Waals surface area contributed by atoms with Gasteiger partial charge in [0.1, 0.15) is 5.82 Å². The van der Waals surface area contributed by atoms with Gasteiger partial charge in [0.2, 0.25) is 5.91 Å². The van der Waals surface area contributed by atoms with Crippen LogP contribution in [0, 0.1) is 0 Å². The fraction of sp³-hybridized carbons (Fsp3) is 0.261. The first-order valence-corrected chi connectivity index (χ1v) is 10.8. The summed E-state index contributed by atoms with van der Waals surface area (Å²) in [5.74, 6) is 2.17. The number of aromatic nitrogens is 3. The van der Waals surface area contributed by atoms with Gasteiger partial charge in [-0.3, -0.25) is 4.79 Å². The highest BCUT2D eigenvalue weighted by Crippen LogP contribution is 2.54. The average molecular weight is 405 g/mol. The zero-order valence-electron chi connectivity index (χ0n) is 16.2. The smallest absolute Gasteiger partial charge is 0.230 e. The van der Waals surface area contributed by atoms with E-state index in [9.17, 15) is 4.79 Å². The van der Waals surface area contributed by atoms with E-state index >= 15 is 0 Å². The third kappa shape index (κ3) is 4.77. The molecule has 3 aromatic rings. The average Bonchev–Trinajstić information content (AvgIpc) is 3.47. The highest BCUT2D eigenvalue weighted by molar-refractivity contribution is 7.99. The van der Waals surface area contributed by atoms with Crippen LogP contribution in [0.5, 0.6) is 0 Å². The molecule has 1 saturated carbocycles. The van der Waals surface area contributed by atoms with Crippen molar-refractivity contribution >= 4 is 17.7 Å². The molecule has 0 radical (unpaired) electrons. The van der Waals surface area contributed by atoms with Crippen molar-refractivity contribution in [2.75, 3.05) is 5.75 Å². The number of allylic oxidation sites excluding steroid dienone is 1. The number of nitrogens with zero attached hydrogens (tertiary/aromatic N) is 3. The minimum Gasteiger partial charge on any atom is -0.351 e. The molecule has 0 spiro atoms. The lowest BCUT2D eigenvalue weighted by molar-refractivity contribution is -0.118. The topological polar surface area (TPSA) is 59.8 Å². The van der Waals surface area contributed by atoms with Crippen LogP contribution in [0.1, 0.15) is 35.2 Å². The predicted molar refractivity (Wildman–Crippen MR) is 116 cm³/mol. The summed E-state index contributed by atoms with van der Waals surface area (Å²) in [5, 5.41) is 12.5. The Hall–Kier alpha value is -2.86. The number of benzene rings is 2. The summed E-state index contributed by atoms with van der Waals surface area (Å²) in [7, 11) is 0. The first kappa shape index (κ1) is 19.5. The quantitative estimate of drug-likeness (QED) is 0.430. The van der Waals surface area contributed by atoms with E-state index in [0.717, 1.165) is 23.0 Å². The molecule has 4 rings (SSSR count). The molecule has 2 aromatic carbocycles. The molecule has 148 valence electrons. The van der Waals surface area contributed by atoms with Crippen LogP contribution >= 0.6 is 11.8 Å². The van der Waals surface area contributed by atoms with Gasteiger partial charge < -0.3 is 9.88 Å². The largest absolute Gasteiger partial charge is 0.351 e. The van der Waals surface area contributed by atoms with Gasteiger partial charge in [0.15, 0.2) is 5.16 Å². The SMILES string of the molecule is C=CCn1c(SCC(=O)NCc2ccccc2)nnc1C1CC1c1ccccc1. The van der Waals surface area contributed by atoms with Crippen molar-refractivity contribution in [3.8, 4) is 0 Å². The van der Waals surface area contributed by atoms with Crippen molar-refractivity contribution in [2.45, 2.75) is 36.5 Å². The molecule has 0 aliphatic heterocycles. The highest BCUT2D eigenvalue weighted by atomic mass is 32.2. The van der Waals surface area contributed by atoms with E-state index in [1.54, 1.807) is 0 Å². The van der Waals surface area contributed by atoms with Gasteiger partial charge in [0, 0.05) is 19.0 Å². The Balaban J connectivity index is 1.37. The van der Waals surface area contributed by atoms with E-state index in [-0.39, 0.29) is 5.91 Å². The monoisotopic (exact) mass is 404 g/mol. The van der Waals surface area contributed by atoms with Crippen LogP contribution in [0.3, 0.4) is 0 Å². The number of rotatable bonds is 9. The van der Waals surface area contributed by atoms with E-state index in [1.165, 1.54) is 17.3 Å². The molecule has 2 atom stereocenters. The van der Waals surface area contributed by atoms with E-state index in [1.807, 2.05) is 42.5 Å². The maximum Gasteiger partial charge on any atom is 0.230 e. The molecule has 6 heteroatoms. The van der Waals surface area contributed by atoms with Crippen LogP contribution in [0.25, 0.3) is 0 Å². The number of thioether (sulfide) groups is 1. The van der Waals surface area contributed by atoms with Crippen LogP contribution in [0.2, 0.25) is 0 Å². The predicted octanol–water partition coefficient (Wildman–Crippen LogP) is 4.14. The first-order chi connectivity index (χ1) is 14.3. The summed E-state index contributed by atoms with van der Waals surface area (Å²) in [4.78, 5) is 12.2. The first-order valence-electron chi connectivity index (χ1n) is 9.78. The summed E-state index contributed by atoms with van der Waals surface area (Å²) in [6, 6.07) is 20.4. The molecular formula is C23H24N4OS. The van der Waals surface area contributed by atoms with Gasteiger partial charge in [0.25, 0.3) is 0 Å². The van der Waals surface area contributed by atoms with Crippen LogP contribution in [0.4, 0.5) is 0 Å². The van der Waals surface area contributed by atoms with Gasteiger partial charge >= 0.3 is 0 Å². The van der Waals surface area contributed by atoms with E-state index in [2.05, 4.69) is 50.9 Å². The summed E-state index contributed by atoms with van der Waals surface area (Å²) in [5.41, 5.74) is 2.43. The molecule has 1 aliphatic carbocycles. The molecule has 1 heterocycles. The van der Waals surface area contributed by atoms with Crippen molar-refractivity contribution < 1.29 is 4.79 Å². The molecule has 0 bridgehead atoms. The van der Waals surface area contributed by atoms with Gasteiger partial charge in [0.05, 0.1) is 5.75 Å². The third-order valence-electron chi connectivity index (χ3n) is 5.07. The zero-order chi connectivity index (χ0) is 20.1. The van der Waals surface area contributed by atoms with Crippen molar-refractivity contribution in [2.24, 2.45) is 0 Å². The van der Waals surface area contributed by atoms with Crippen LogP contribution < -0.4 is 5.32 Å². The fourth-order valence-corrected chi connectivity index (χ4v) is 4.29. The van der Waals surface area contributed by atoms with Gasteiger partial charge in [-0.05, 0) is 23.5 Å². The molecule has 1 aromatic heterocycles. The minimum absolute atomic E-state index is 0.0119. The Bertz CT molecular complexity index is 971. The fourth-order valence-electron chi connectivity index (χ4n) is 3.51. The summed E-state index contributed by atoms with van der Waals surface area (Å²) in [6.45, 7) is 5.05. The normalized spacial score (nSPS) is 17.7. The molecular weight excluding hydrogens is 380 g/mol. The number of carbonyl (C=O) groups is 1. The Morgan fingerprint density at radius 2 is 1.83 bits per heavy atom. The molecule has 1 amide bonds. The second-order valence-electron chi connectivity index (χ2n) is 7.15. The lowest BCUT2D eigenvalue weighted by atomic mass is 10.1. The minimum atomic E-state index is -0.0119. The van der Waals surface area contributed by atoms with Gasteiger partial charge in [-0.1, -0.05) is 78.5 Å². The highest BCUT2D eigenvalue weighted by Gasteiger charge is 2.43. The number of carbonyl (C=O) groups excluding carboxylic acids is 1. The standard InChI is InChI=1S/C23H24N4OS/c1-2-13-27-22(20-14-19(20)18-11-7-4-8-12-18)25-26-23(27)29-16-21(28)24-15-17-9-5-3-6-10-17/h2-12,19-20H,1,13-16H2,(H,24,28). The van der Waals surface area contributed by atoms with Crippen molar-refractivity contribution in [1.29, 1.82) is 0 Å². The number of hydrogen-bond donors (Lipinski definition) is 1. The zero-order valence-corrected chi connectivity index (χ0v) is 17.0. The van der Waals surface area contributed by atoms with Crippen LogP contribution in [0.15, 0.2) is 78.5 Å². The van der Waals surface area contributed by atoms with E-state index in [0.29, 0.717) is 30.7 Å². The van der Waals surface area contributed by atoms with E-state index in [4.69, 9.17) is 0 Å². The van der Waals surface area contributed by atoms with Gasteiger partial charge in [-0.25, -0.2) is 0 Å². The Kier molecular flexibility index (Phi) is 6.10. The van der Waals surface area contributed by atoms with Crippen molar-refractivity contribution in [3.63, 3.8) is 0 Å². The number of hydrogen-bond acceptors (Lipinski definition) is 4. The molecule has 2 unspecified atom stereocenters. The molecule has 0 saturated heterocycles. The lowest BCUT2D eigenvalue weighted by Gasteiger charge is -2.08. The molecule has 29 heavy (non-hydrogen) atoms. The van der Waals surface area contributed by atoms with Crippen LogP contribution in [-0.2, 0) is 17.9 Å². The van der Waals surface area contributed by atoms with Crippen molar-refractivity contribution in [3.05, 3.63) is 90.3 Å². The molecule has 5 nitrogen and oxygen atoms in total. The second-order valence-corrected chi connectivity index (χ2v) is 8.09. The Morgan fingerprint density at radius 1 is 1.10 bits per heavy atom. The maximum absolute atomic E-state index is 12.2. The molecule has 1 fully saturated rings. The lowest BCUT2D eigenvalue weighted by Crippen LogP contribution is -2.24. The van der Waals surface area contributed by atoms with Gasteiger partial charge in [-0.15, -0.1) is 16.8 Å². The van der Waals surface area contributed by atoms with Crippen molar-refractivity contribution in [1.82, 2.24) is 20.1 Å². The second kappa shape index (κ2) is 9.09. The maximum atomic E-state index is 12.2. The van der Waals surface area contributed by atoms with E-state index < -0.39 is 0 Å².